The summed E-state index contributed by atoms with van der Waals surface area (Å²) in [5.74, 6) is 2.50. The zero-order valence-corrected chi connectivity index (χ0v) is 17.9. The van der Waals surface area contributed by atoms with Crippen molar-refractivity contribution in [2.75, 3.05) is 19.4 Å². The predicted molar refractivity (Wildman–Crippen MR) is 114 cm³/mol. The molecule has 1 N–H and O–H groups in total. The maximum Gasteiger partial charge on any atom is 0.209 e. The largest absolute Gasteiger partial charge is 0.493 e. The molecule has 2 aromatic carbocycles. The van der Waals surface area contributed by atoms with Crippen molar-refractivity contribution in [3.63, 3.8) is 0 Å². The van der Waals surface area contributed by atoms with Crippen LogP contribution in [0.2, 0.25) is 0 Å². The minimum Gasteiger partial charge on any atom is -0.493 e. The fourth-order valence-corrected chi connectivity index (χ4v) is 3.70. The number of methoxy groups -OCH3 is 1. The van der Waals surface area contributed by atoms with Gasteiger partial charge < -0.3 is 14.8 Å². The summed E-state index contributed by atoms with van der Waals surface area (Å²) >= 11 is 1.66. The van der Waals surface area contributed by atoms with E-state index in [0.717, 1.165) is 53.0 Å². The van der Waals surface area contributed by atoms with Gasteiger partial charge in [-0.3, -0.25) is 0 Å². The summed E-state index contributed by atoms with van der Waals surface area (Å²) in [5, 5.41) is 15.8. The van der Waals surface area contributed by atoms with Crippen LogP contribution in [0.3, 0.4) is 0 Å². The van der Waals surface area contributed by atoms with Crippen LogP contribution in [0.25, 0.3) is 0 Å². The van der Waals surface area contributed by atoms with E-state index >= 15 is 0 Å². The van der Waals surface area contributed by atoms with Gasteiger partial charge in [-0.25, -0.2) is 4.68 Å². The Labute approximate surface area is 175 Å². The lowest BCUT2D eigenvalue weighted by atomic mass is 10.1. The topological polar surface area (TPSA) is 74.1 Å². The summed E-state index contributed by atoms with van der Waals surface area (Å²) in [6, 6.07) is 14.3. The molecule has 0 bridgehead atoms. The molecular formula is C21H27N5O2S. The highest BCUT2D eigenvalue weighted by Gasteiger charge is 2.11. The maximum atomic E-state index is 6.15. The molecule has 0 saturated heterocycles. The van der Waals surface area contributed by atoms with Crippen LogP contribution in [0.15, 0.2) is 47.6 Å². The Morgan fingerprint density at radius 1 is 1.17 bits per heavy atom. The van der Waals surface area contributed by atoms with Crippen molar-refractivity contribution in [3.8, 4) is 11.5 Å². The second-order valence-corrected chi connectivity index (χ2v) is 7.75. The van der Waals surface area contributed by atoms with E-state index < -0.39 is 0 Å². The molecule has 0 radical (unpaired) electrons. The Morgan fingerprint density at radius 3 is 2.79 bits per heavy atom. The molecule has 0 aliphatic rings. The average Bonchev–Trinajstić information content (AvgIpc) is 3.14. The summed E-state index contributed by atoms with van der Waals surface area (Å²) in [6.07, 6.45) is 1.01. The van der Waals surface area contributed by atoms with Crippen molar-refractivity contribution in [1.29, 1.82) is 0 Å². The van der Waals surface area contributed by atoms with Crippen LogP contribution < -0.4 is 14.8 Å². The van der Waals surface area contributed by atoms with E-state index in [2.05, 4.69) is 52.0 Å². The second kappa shape index (κ2) is 10.8. The molecule has 8 heteroatoms. The van der Waals surface area contributed by atoms with E-state index in [1.54, 1.807) is 23.6 Å². The normalized spacial score (nSPS) is 10.9. The number of nitrogens with zero attached hydrogens (tertiary/aromatic N) is 4. The third-order valence-corrected chi connectivity index (χ3v) is 5.47. The molecule has 7 nitrogen and oxygen atoms in total. The Bertz CT molecular complexity index is 916. The summed E-state index contributed by atoms with van der Waals surface area (Å²) in [7, 11) is 3.52. The summed E-state index contributed by atoms with van der Waals surface area (Å²) < 4.78 is 13.4. The molecular weight excluding hydrogens is 386 g/mol. The average molecular weight is 414 g/mol. The number of nitrogens with one attached hydrogen (secondary N) is 1. The van der Waals surface area contributed by atoms with Gasteiger partial charge in [-0.15, -0.1) is 5.10 Å². The standard InChI is InChI=1S/C21H27N5O2S/c1-16-7-4-8-17(13-16)15-28-20-18(9-5-10-19(20)27-3)14-22-11-6-12-29-21-23-24-25-26(21)2/h4-5,7-10,13,22H,6,11-12,14-15H2,1-3H3. The highest BCUT2D eigenvalue weighted by Crippen LogP contribution is 2.32. The lowest BCUT2D eigenvalue weighted by Crippen LogP contribution is -2.16. The summed E-state index contributed by atoms with van der Waals surface area (Å²) in [6.45, 7) is 4.21. The molecule has 1 aromatic heterocycles. The Hall–Kier alpha value is -2.58. The molecule has 0 fully saturated rings. The van der Waals surface area contributed by atoms with Gasteiger partial charge in [-0.2, -0.15) is 0 Å². The molecule has 0 aliphatic carbocycles. The van der Waals surface area contributed by atoms with Crippen LogP contribution in [0.4, 0.5) is 0 Å². The summed E-state index contributed by atoms with van der Waals surface area (Å²) in [4.78, 5) is 0. The van der Waals surface area contributed by atoms with Crippen molar-refractivity contribution in [1.82, 2.24) is 25.5 Å². The summed E-state index contributed by atoms with van der Waals surface area (Å²) in [5.41, 5.74) is 3.45. The van der Waals surface area contributed by atoms with Gasteiger partial charge in [-0.05, 0) is 41.9 Å². The van der Waals surface area contributed by atoms with Gasteiger partial charge in [0.25, 0.3) is 0 Å². The van der Waals surface area contributed by atoms with E-state index in [0.29, 0.717) is 6.61 Å². The molecule has 154 valence electrons. The number of tetrazole rings is 1. The minimum atomic E-state index is 0.511. The van der Waals surface area contributed by atoms with E-state index in [-0.39, 0.29) is 0 Å². The van der Waals surface area contributed by atoms with Crippen LogP contribution in [0.1, 0.15) is 23.1 Å². The monoisotopic (exact) mass is 413 g/mol. The van der Waals surface area contributed by atoms with Gasteiger partial charge in [0.1, 0.15) is 6.61 Å². The molecule has 0 saturated carbocycles. The molecule has 3 aromatic rings. The first-order chi connectivity index (χ1) is 14.2. The van der Waals surface area contributed by atoms with Crippen molar-refractivity contribution < 1.29 is 9.47 Å². The number of hydrogen-bond donors (Lipinski definition) is 1. The third-order valence-electron chi connectivity index (χ3n) is 4.37. The number of hydrogen-bond acceptors (Lipinski definition) is 7. The van der Waals surface area contributed by atoms with Crippen molar-refractivity contribution in [2.24, 2.45) is 7.05 Å². The zero-order chi connectivity index (χ0) is 20.5. The number of thioether (sulfide) groups is 1. The molecule has 29 heavy (non-hydrogen) atoms. The molecule has 0 unspecified atom stereocenters. The first-order valence-electron chi connectivity index (χ1n) is 9.57. The highest BCUT2D eigenvalue weighted by atomic mass is 32.2. The molecule has 1 heterocycles. The van der Waals surface area contributed by atoms with Crippen LogP contribution in [-0.2, 0) is 20.2 Å². The molecule has 0 aliphatic heterocycles. The van der Waals surface area contributed by atoms with Crippen molar-refractivity contribution in [3.05, 3.63) is 59.2 Å². The first-order valence-corrected chi connectivity index (χ1v) is 10.6. The highest BCUT2D eigenvalue weighted by molar-refractivity contribution is 7.99. The third kappa shape index (κ3) is 6.20. The molecule has 0 amide bonds. The molecule has 3 rings (SSSR count). The second-order valence-electron chi connectivity index (χ2n) is 6.69. The van der Waals surface area contributed by atoms with Crippen LogP contribution in [0, 0.1) is 6.92 Å². The van der Waals surface area contributed by atoms with Crippen LogP contribution >= 0.6 is 11.8 Å². The van der Waals surface area contributed by atoms with Gasteiger partial charge in [0.15, 0.2) is 11.5 Å². The zero-order valence-electron chi connectivity index (χ0n) is 17.1. The minimum absolute atomic E-state index is 0.511. The lowest BCUT2D eigenvalue weighted by molar-refractivity contribution is 0.280. The quantitative estimate of drug-likeness (QED) is 0.381. The number of para-hydroxylation sites is 1. The van der Waals surface area contributed by atoms with Crippen molar-refractivity contribution >= 4 is 11.8 Å². The van der Waals surface area contributed by atoms with E-state index in [9.17, 15) is 0 Å². The Morgan fingerprint density at radius 2 is 2.03 bits per heavy atom. The number of aromatic nitrogens is 4. The predicted octanol–water partition coefficient (Wildman–Crippen LogP) is 3.38. The van der Waals surface area contributed by atoms with Gasteiger partial charge >= 0.3 is 0 Å². The SMILES string of the molecule is COc1cccc(CNCCCSc2nnnn2C)c1OCc1cccc(C)c1. The molecule has 0 atom stereocenters. The lowest BCUT2D eigenvalue weighted by Gasteiger charge is -2.16. The fraction of sp³-hybridized carbons (Fsp3) is 0.381. The van der Waals surface area contributed by atoms with Gasteiger partial charge in [0.2, 0.25) is 5.16 Å². The van der Waals surface area contributed by atoms with Gasteiger partial charge in [0.05, 0.1) is 7.11 Å². The van der Waals surface area contributed by atoms with E-state index in [1.165, 1.54) is 5.56 Å². The van der Waals surface area contributed by atoms with Crippen LogP contribution in [0.5, 0.6) is 11.5 Å². The number of aryl methyl sites for hydroxylation is 2. The number of ether oxygens (including phenoxy) is 2. The number of rotatable bonds is 11. The molecule has 0 spiro atoms. The maximum absolute atomic E-state index is 6.15. The van der Waals surface area contributed by atoms with Crippen molar-refractivity contribution in [2.45, 2.75) is 31.7 Å². The fourth-order valence-electron chi connectivity index (χ4n) is 2.91. The van der Waals surface area contributed by atoms with E-state index in [4.69, 9.17) is 9.47 Å². The Balaban J connectivity index is 1.51. The van der Waals surface area contributed by atoms with Gasteiger partial charge in [0, 0.05) is 24.9 Å². The Kier molecular flexibility index (Phi) is 7.89. The van der Waals surface area contributed by atoms with E-state index in [1.807, 2.05) is 25.2 Å². The van der Waals surface area contributed by atoms with Gasteiger partial charge in [-0.1, -0.05) is 53.7 Å². The number of benzene rings is 2. The van der Waals surface area contributed by atoms with Crippen LogP contribution in [-0.4, -0.2) is 39.6 Å². The smallest absolute Gasteiger partial charge is 0.209 e. The first kappa shape index (κ1) is 21.1.